The number of hydrogen-bond acceptors (Lipinski definition) is 2. The molecule has 4 nitrogen and oxygen atoms in total. The molecule has 0 heterocycles. The Bertz CT molecular complexity index is 451. The van der Waals surface area contributed by atoms with E-state index in [2.05, 4.69) is 6.92 Å². The van der Waals surface area contributed by atoms with Crippen molar-refractivity contribution in [3.05, 3.63) is 34.9 Å². The molecule has 0 fully saturated rings. The number of carboxylic acids is 2. The molecule has 0 bridgehead atoms. The summed E-state index contributed by atoms with van der Waals surface area (Å²) in [5, 5.41) is 18.2. The molecule has 0 saturated heterocycles. The number of aromatic carboxylic acids is 2. The maximum Gasteiger partial charge on any atom is 0.336 e. The summed E-state index contributed by atoms with van der Waals surface area (Å²) in [4.78, 5) is 22.3. The molecule has 0 radical (unpaired) electrons. The average molecular weight is 250 g/mol. The summed E-state index contributed by atoms with van der Waals surface area (Å²) in [5.74, 6) is -2.32. The molecule has 18 heavy (non-hydrogen) atoms. The fraction of sp³-hybridized carbons (Fsp3) is 0.429. The number of carbonyl (C=O) groups is 2. The number of benzene rings is 1. The van der Waals surface area contributed by atoms with E-state index >= 15 is 0 Å². The van der Waals surface area contributed by atoms with Gasteiger partial charge in [-0.3, -0.25) is 0 Å². The number of carboxylic acid groups (broad SMARTS) is 2. The summed E-state index contributed by atoms with van der Waals surface area (Å²) in [5.41, 5.74) is 0.396. The van der Waals surface area contributed by atoms with Crippen molar-refractivity contribution in [2.24, 2.45) is 0 Å². The van der Waals surface area contributed by atoms with E-state index in [4.69, 9.17) is 5.11 Å². The van der Waals surface area contributed by atoms with Crippen LogP contribution in [0.2, 0.25) is 0 Å². The van der Waals surface area contributed by atoms with Crippen LogP contribution in [0.25, 0.3) is 0 Å². The molecule has 0 saturated carbocycles. The minimum absolute atomic E-state index is 0.0512. The summed E-state index contributed by atoms with van der Waals surface area (Å²) < 4.78 is 0. The average Bonchev–Trinajstić information content (AvgIpc) is 2.34. The second-order valence-corrected chi connectivity index (χ2v) is 4.42. The van der Waals surface area contributed by atoms with Crippen LogP contribution in [0.4, 0.5) is 0 Å². The van der Waals surface area contributed by atoms with Crippen LogP contribution < -0.4 is 0 Å². The highest BCUT2D eigenvalue weighted by atomic mass is 16.4. The fourth-order valence-corrected chi connectivity index (χ4v) is 2.06. The van der Waals surface area contributed by atoms with Crippen LogP contribution in [0.1, 0.15) is 65.3 Å². The van der Waals surface area contributed by atoms with Crippen molar-refractivity contribution in [2.45, 2.75) is 39.0 Å². The van der Waals surface area contributed by atoms with E-state index in [9.17, 15) is 14.7 Å². The number of rotatable bonds is 6. The molecule has 1 rings (SSSR count). The molecule has 0 aromatic heterocycles. The molecule has 0 amide bonds. The molecule has 1 atom stereocenters. The highest BCUT2D eigenvalue weighted by molar-refractivity contribution is 6.02. The van der Waals surface area contributed by atoms with Gasteiger partial charge in [0.25, 0.3) is 0 Å². The Morgan fingerprint density at radius 3 is 2.39 bits per heavy atom. The van der Waals surface area contributed by atoms with Gasteiger partial charge in [0.1, 0.15) is 0 Å². The molecule has 0 aliphatic carbocycles. The summed E-state index contributed by atoms with van der Waals surface area (Å²) in [6.45, 7) is 4.00. The van der Waals surface area contributed by atoms with Crippen molar-refractivity contribution in [1.29, 1.82) is 0 Å². The van der Waals surface area contributed by atoms with E-state index < -0.39 is 11.9 Å². The van der Waals surface area contributed by atoms with Gasteiger partial charge in [0.15, 0.2) is 0 Å². The third kappa shape index (κ3) is 3.09. The van der Waals surface area contributed by atoms with Gasteiger partial charge >= 0.3 is 11.9 Å². The second kappa shape index (κ2) is 6.19. The predicted octanol–water partition coefficient (Wildman–Crippen LogP) is 3.38. The Labute approximate surface area is 106 Å². The minimum Gasteiger partial charge on any atom is -0.478 e. The molecule has 98 valence electrons. The van der Waals surface area contributed by atoms with E-state index in [0.29, 0.717) is 5.56 Å². The zero-order valence-corrected chi connectivity index (χ0v) is 10.6. The van der Waals surface area contributed by atoms with Crippen molar-refractivity contribution in [3.63, 3.8) is 0 Å². The van der Waals surface area contributed by atoms with E-state index in [1.165, 1.54) is 6.07 Å². The van der Waals surface area contributed by atoms with Gasteiger partial charge in [-0.1, -0.05) is 38.8 Å². The summed E-state index contributed by atoms with van der Waals surface area (Å²) in [6.07, 6.45) is 2.89. The zero-order valence-electron chi connectivity index (χ0n) is 10.6. The van der Waals surface area contributed by atoms with Gasteiger partial charge in [0, 0.05) is 0 Å². The van der Waals surface area contributed by atoms with Gasteiger partial charge in [-0.2, -0.15) is 0 Å². The first-order chi connectivity index (χ1) is 8.49. The summed E-state index contributed by atoms with van der Waals surface area (Å²) in [6, 6.07) is 4.64. The SMILES string of the molecule is CCCCC(C)c1cccc(C(=O)O)c1C(=O)O. The lowest BCUT2D eigenvalue weighted by atomic mass is 9.89. The fourth-order valence-electron chi connectivity index (χ4n) is 2.06. The monoisotopic (exact) mass is 250 g/mol. The quantitative estimate of drug-likeness (QED) is 0.811. The van der Waals surface area contributed by atoms with Crippen LogP contribution >= 0.6 is 0 Å². The lowest BCUT2D eigenvalue weighted by Crippen LogP contribution is -2.13. The predicted molar refractivity (Wildman–Crippen MR) is 68.3 cm³/mol. The van der Waals surface area contributed by atoms with Gasteiger partial charge in [0.2, 0.25) is 0 Å². The van der Waals surface area contributed by atoms with Crippen molar-refractivity contribution in [1.82, 2.24) is 0 Å². The molecule has 4 heteroatoms. The van der Waals surface area contributed by atoms with Gasteiger partial charge in [0.05, 0.1) is 11.1 Å². The third-order valence-corrected chi connectivity index (χ3v) is 3.06. The van der Waals surface area contributed by atoms with Crippen LogP contribution in [-0.4, -0.2) is 22.2 Å². The van der Waals surface area contributed by atoms with Gasteiger partial charge in [-0.05, 0) is 24.0 Å². The van der Waals surface area contributed by atoms with Crippen molar-refractivity contribution in [2.75, 3.05) is 0 Å². The van der Waals surface area contributed by atoms with Crippen LogP contribution in [0, 0.1) is 0 Å². The molecule has 2 N–H and O–H groups in total. The molecule has 0 spiro atoms. The molecule has 0 aliphatic rings. The van der Waals surface area contributed by atoms with E-state index in [1.54, 1.807) is 12.1 Å². The maximum atomic E-state index is 11.3. The van der Waals surface area contributed by atoms with Crippen LogP contribution in [-0.2, 0) is 0 Å². The van der Waals surface area contributed by atoms with Crippen molar-refractivity contribution in [3.8, 4) is 0 Å². The Kier molecular flexibility index (Phi) is 4.89. The van der Waals surface area contributed by atoms with E-state index in [-0.39, 0.29) is 17.0 Å². The lowest BCUT2D eigenvalue weighted by Gasteiger charge is -2.15. The molecular formula is C14H18O4. The van der Waals surface area contributed by atoms with E-state index in [1.807, 2.05) is 6.92 Å². The summed E-state index contributed by atoms with van der Waals surface area (Å²) in [7, 11) is 0. The molecular weight excluding hydrogens is 232 g/mol. The van der Waals surface area contributed by atoms with Crippen molar-refractivity contribution >= 4 is 11.9 Å². The smallest absolute Gasteiger partial charge is 0.336 e. The Balaban J connectivity index is 3.22. The Morgan fingerprint density at radius 2 is 1.89 bits per heavy atom. The lowest BCUT2D eigenvalue weighted by molar-refractivity contribution is 0.0650. The normalized spacial score (nSPS) is 12.1. The molecule has 1 aromatic carbocycles. The first-order valence-electron chi connectivity index (χ1n) is 6.08. The summed E-state index contributed by atoms with van der Waals surface area (Å²) >= 11 is 0. The zero-order chi connectivity index (χ0) is 13.7. The van der Waals surface area contributed by atoms with Crippen LogP contribution in [0.5, 0.6) is 0 Å². The maximum absolute atomic E-state index is 11.3. The highest BCUT2D eigenvalue weighted by Gasteiger charge is 2.22. The standard InChI is InChI=1S/C14H18O4/c1-3-4-6-9(2)10-7-5-8-11(13(15)16)12(10)14(17)18/h5,7-9H,3-4,6H2,1-2H3,(H,15,16)(H,17,18). The van der Waals surface area contributed by atoms with Gasteiger partial charge in [-0.15, -0.1) is 0 Å². The second-order valence-electron chi connectivity index (χ2n) is 4.42. The topological polar surface area (TPSA) is 74.6 Å². The van der Waals surface area contributed by atoms with Crippen LogP contribution in [0.3, 0.4) is 0 Å². The van der Waals surface area contributed by atoms with E-state index in [0.717, 1.165) is 19.3 Å². The molecule has 1 aromatic rings. The number of unbranched alkanes of at least 4 members (excludes halogenated alkanes) is 1. The molecule has 1 unspecified atom stereocenters. The van der Waals surface area contributed by atoms with Crippen molar-refractivity contribution < 1.29 is 19.8 Å². The van der Waals surface area contributed by atoms with Crippen LogP contribution in [0.15, 0.2) is 18.2 Å². The number of hydrogen-bond donors (Lipinski definition) is 2. The van der Waals surface area contributed by atoms with Gasteiger partial charge < -0.3 is 10.2 Å². The minimum atomic E-state index is -1.20. The Hall–Kier alpha value is -1.84. The highest BCUT2D eigenvalue weighted by Crippen LogP contribution is 2.27. The third-order valence-electron chi connectivity index (χ3n) is 3.06. The molecule has 0 aliphatic heterocycles. The van der Waals surface area contributed by atoms with Gasteiger partial charge in [-0.25, -0.2) is 9.59 Å². The largest absolute Gasteiger partial charge is 0.478 e. The first-order valence-corrected chi connectivity index (χ1v) is 6.08. The first kappa shape index (κ1) is 14.2. The Morgan fingerprint density at radius 1 is 1.22 bits per heavy atom.